The van der Waals surface area contributed by atoms with Crippen molar-refractivity contribution in [2.75, 3.05) is 0 Å². The summed E-state index contributed by atoms with van der Waals surface area (Å²) in [5.74, 6) is -0.144. The summed E-state index contributed by atoms with van der Waals surface area (Å²) in [6.07, 6.45) is 5.10. The second kappa shape index (κ2) is 4.89. The maximum absolute atomic E-state index is 12.0. The third-order valence-electron chi connectivity index (χ3n) is 2.84. The van der Waals surface area contributed by atoms with Crippen LogP contribution in [0.4, 0.5) is 0 Å². The van der Waals surface area contributed by atoms with E-state index in [4.69, 9.17) is 0 Å². The van der Waals surface area contributed by atoms with Crippen LogP contribution in [0.3, 0.4) is 0 Å². The van der Waals surface area contributed by atoms with Gasteiger partial charge in [-0.3, -0.25) is 9.78 Å². The molecular formula is C14H12N4O. The van der Waals surface area contributed by atoms with E-state index in [9.17, 15) is 4.79 Å². The lowest BCUT2D eigenvalue weighted by molar-refractivity contribution is 0.0946. The number of amides is 1. The SMILES string of the molecule is O=C(NCc1ccncc1)c1cc2cccnc2[nH]1. The fraction of sp³-hybridized carbons (Fsp3) is 0.0714. The number of nitrogens with zero attached hydrogens (tertiary/aromatic N) is 2. The number of nitrogens with one attached hydrogen (secondary N) is 2. The number of fused-ring (bicyclic) bond motifs is 1. The first-order chi connectivity index (χ1) is 9.33. The fourth-order valence-corrected chi connectivity index (χ4v) is 1.86. The molecule has 19 heavy (non-hydrogen) atoms. The highest BCUT2D eigenvalue weighted by Gasteiger charge is 2.09. The lowest BCUT2D eigenvalue weighted by Crippen LogP contribution is -2.23. The van der Waals surface area contributed by atoms with Gasteiger partial charge in [-0.1, -0.05) is 0 Å². The second-order valence-electron chi connectivity index (χ2n) is 4.16. The highest BCUT2D eigenvalue weighted by Crippen LogP contribution is 2.12. The van der Waals surface area contributed by atoms with Crippen molar-refractivity contribution in [3.8, 4) is 0 Å². The van der Waals surface area contributed by atoms with Crippen LogP contribution in [0.1, 0.15) is 16.1 Å². The lowest BCUT2D eigenvalue weighted by Gasteiger charge is -2.03. The monoisotopic (exact) mass is 252 g/mol. The van der Waals surface area contributed by atoms with Crippen molar-refractivity contribution in [1.29, 1.82) is 0 Å². The van der Waals surface area contributed by atoms with Crippen LogP contribution in [-0.4, -0.2) is 20.9 Å². The number of hydrogen-bond donors (Lipinski definition) is 2. The van der Waals surface area contributed by atoms with Crippen molar-refractivity contribution in [2.45, 2.75) is 6.54 Å². The van der Waals surface area contributed by atoms with Crippen LogP contribution in [-0.2, 0) is 6.54 Å². The summed E-state index contributed by atoms with van der Waals surface area (Å²) >= 11 is 0. The minimum Gasteiger partial charge on any atom is -0.347 e. The van der Waals surface area contributed by atoms with E-state index in [0.717, 1.165) is 16.6 Å². The maximum atomic E-state index is 12.0. The Bertz CT molecular complexity index is 673. The summed E-state index contributed by atoms with van der Waals surface area (Å²) in [4.78, 5) is 23.1. The van der Waals surface area contributed by atoms with Gasteiger partial charge in [0.15, 0.2) is 0 Å². The summed E-state index contributed by atoms with van der Waals surface area (Å²) < 4.78 is 0. The molecule has 0 atom stereocenters. The quantitative estimate of drug-likeness (QED) is 0.747. The van der Waals surface area contributed by atoms with Gasteiger partial charge in [-0.25, -0.2) is 4.98 Å². The Hall–Kier alpha value is -2.69. The largest absolute Gasteiger partial charge is 0.347 e. The van der Waals surface area contributed by atoms with E-state index in [1.165, 1.54) is 0 Å². The van der Waals surface area contributed by atoms with Gasteiger partial charge in [0, 0.05) is 30.5 Å². The van der Waals surface area contributed by atoms with E-state index in [1.807, 2.05) is 24.3 Å². The first kappa shape index (κ1) is 11.4. The molecule has 0 fully saturated rings. The molecule has 0 radical (unpaired) electrons. The average molecular weight is 252 g/mol. The van der Waals surface area contributed by atoms with E-state index in [0.29, 0.717) is 12.2 Å². The van der Waals surface area contributed by atoms with Crippen molar-refractivity contribution in [2.24, 2.45) is 0 Å². The molecule has 3 aromatic heterocycles. The van der Waals surface area contributed by atoms with E-state index >= 15 is 0 Å². The predicted molar refractivity (Wildman–Crippen MR) is 71.5 cm³/mol. The van der Waals surface area contributed by atoms with Gasteiger partial charge >= 0.3 is 0 Å². The van der Waals surface area contributed by atoms with Crippen LogP contribution in [0.2, 0.25) is 0 Å². The molecule has 3 aromatic rings. The number of pyridine rings is 2. The van der Waals surface area contributed by atoms with Crippen LogP contribution >= 0.6 is 0 Å². The maximum Gasteiger partial charge on any atom is 0.268 e. The number of aromatic nitrogens is 3. The van der Waals surface area contributed by atoms with Gasteiger partial charge in [-0.05, 0) is 35.9 Å². The number of carbonyl (C=O) groups excluding carboxylic acids is 1. The Kier molecular flexibility index (Phi) is 2.94. The van der Waals surface area contributed by atoms with Gasteiger partial charge in [0.1, 0.15) is 11.3 Å². The molecule has 1 amide bonds. The summed E-state index contributed by atoms with van der Waals surface area (Å²) in [5, 5.41) is 3.78. The van der Waals surface area contributed by atoms with Crippen molar-refractivity contribution in [3.63, 3.8) is 0 Å². The van der Waals surface area contributed by atoms with Crippen LogP contribution in [0.15, 0.2) is 48.9 Å². The molecule has 0 aromatic carbocycles. The molecule has 0 aliphatic rings. The fourth-order valence-electron chi connectivity index (χ4n) is 1.86. The minimum atomic E-state index is -0.144. The smallest absolute Gasteiger partial charge is 0.268 e. The number of carbonyl (C=O) groups is 1. The zero-order valence-corrected chi connectivity index (χ0v) is 10.1. The summed E-state index contributed by atoms with van der Waals surface area (Å²) in [7, 11) is 0. The highest BCUT2D eigenvalue weighted by molar-refractivity contribution is 5.97. The average Bonchev–Trinajstić information content (AvgIpc) is 2.90. The number of aromatic amines is 1. The molecule has 0 spiro atoms. The first-order valence-corrected chi connectivity index (χ1v) is 5.94. The highest BCUT2D eigenvalue weighted by atomic mass is 16.1. The van der Waals surface area contributed by atoms with Crippen molar-refractivity contribution >= 4 is 16.9 Å². The zero-order chi connectivity index (χ0) is 13.1. The molecule has 0 saturated carbocycles. The van der Waals surface area contributed by atoms with Crippen LogP contribution in [0, 0.1) is 0 Å². The third-order valence-corrected chi connectivity index (χ3v) is 2.84. The van der Waals surface area contributed by atoms with Crippen molar-refractivity contribution in [1.82, 2.24) is 20.3 Å². The number of rotatable bonds is 3. The number of hydrogen-bond acceptors (Lipinski definition) is 3. The Labute approximate surface area is 109 Å². The summed E-state index contributed by atoms with van der Waals surface area (Å²) in [6.45, 7) is 0.476. The third kappa shape index (κ3) is 2.44. The summed E-state index contributed by atoms with van der Waals surface area (Å²) in [5.41, 5.74) is 2.25. The van der Waals surface area contributed by atoms with E-state index < -0.39 is 0 Å². The lowest BCUT2D eigenvalue weighted by atomic mass is 10.2. The predicted octanol–water partition coefficient (Wildman–Crippen LogP) is 1.89. The molecular weight excluding hydrogens is 240 g/mol. The Morgan fingerprint density at radius 2 is 2.05 bits per heavy atom. The Morgan fingerprint density at radius 3 is 2.84 bits per heavy atom. The molecule has 0 unspecified atom stereocenters. The van der Waals surface area contributed by atoms with Crippen molar-refractivity contribution < 1.29 is 4.79 Å². The van der Waals surface area contributed by atoms with Crippen molar-refractivity contribution in [3.05, 3.63) is 60.2 Å². The van der Waals surface area contributed by atoms with Gasteiger partial charge in [0.2, 0.25) is 0 Å². The second-order valence-corrected chi connectivity index (χ2v) is 4.16. The molecule has 5 nitrogen and oxygen atoms in total. The molecule has 0 bridgehead atoms. The molecule has 0 aliphatic heterocycles. The first-order valence-electron chi connectivity index (χ1n) is 5.94. The normalized spacial score (nSPS) is 10.5. The summed E-state index contributed by atoms with van der Waals surface area (Å²) in [6, 6.07) is 9.29. The van der Waals surface area contributed by atoms with Gasteiger partial charge < -0.3 is 10.3 Å². The van der Waals surface area contributed by atoms with E-state index in [2.05, 4.69) is 20.3 Å². The molecule has 5 heteroatoms. The van der Waals surface area contributed by atoms with Gasteiger partial charge in [-0.15, -0.1) is 0 Å². The van der Waals surface area contributed by atoms with Gasteiger partial charge in [-0.2, -0.15) is 0 Å². The Balaban J connectivity index is 1.73. The van der Waals surface area contributed by atoms with E-state index in [1.54, 1.807) is 24.7 Å². The standard InChI is InChI=1S/C14H12N4O/c19-14(17-9-10-3-6-15-7-4-10)12-8-11-2-1-5-16-13(11)18-12/h1-8H,9H2,(H,16,18)(H,17,19). The molecule has 3 rings (SSSR count). The molecule has 0 aliphatic carbocycles. The molecule has 94 valence electrons. The number of H-pyrrole nitrogens is 1. The van der Waals surface area contributed by atoms with Crippen LogP contribution in [0.25, 0.3) is 11.0 Å². The van der Waals surface area contributed by atoms with Crippen LogP contribution in [0.5, 0.6) is 0 Å². The zero-order valence-electron chi connectivity index (χ0n) is 10.1. The topological polar surface area (TPSA) is 70.7 Å². The molecule has 2 N–H and O–H groups in total. The minimum absolute atomic E-state index is 0.144. The van der Waals surface area contributed by atoms with Gasteiger partial charge in [0.25, 0.3) is 5.91 Å². The molecule has 0 saturated heterocycles. The van der Waals surface area contributed by atoms with Gasteiger partial charge in [0.05, 0.1) is 0 Å². The van der Waals surface area contributed by atoms with E-state index in [-0.39, 0.29) is 5.91 Å². The van der Waals surface area contributed by atoms with Crippen LogP contribution < -0.4 is 5.32 Å². The molecule has 3 heterocycles. The Morgan fingerprint density at radius 1 is 1.21 bits per heavy atom.